The summed E-state index contributed by atoms with van der Waals surface area (Å²) < 4.78 is 9.31. The largest absolute Gasteiger partial charge is 0.497 e. The molecule has 0 aliphatic heterocycles. The van der Waals surface area contributed by atoms with Gasteiger partial charge in [0.1, 0.15) is 12.3 Å². The van der Waals surface area contributed by atoms with Gasteiger partial charge in [-0.3, -0.25) is 23.3 Å². The van der Waals surface area contributed by atoms with Gasteiger partial charge < -0.3 is 10.1 Å². The van der Waals surface area contributed by atoms with Gasteiger partial charge in [-0.1, -0.05) is 26.0 Å². The van der Waals surface area contributed by atoms with Crippen molar-refractivity contribution < 1.29 is 9.53 Å². The van der Waals surface area contributed by atoms with Crippen LogP contribution in [-0.2, 0) is 25.4 Å². The Balaban J connectivity index is 1.93. The van der Waals surface area contributed by atoms with E-state index < -0.39 is 11.2 Å². The summed E-state index contributed by atoms with van der Waals surface area (Å²) in [5, 5.41) is 3.04. The minimum atomic E-state index is -0.508. The lowest BCUT2D eigenvalue weighted by molar-refractivity contribution is -0.122. The van der Waals surface area contributed by atoms with E-state index in [1.807, 2.05) is 38.1 Å². The van der Waals surface area contributed by atoms with Crippen molar-refractivity contribution in [2.24, 2.45) is 20.0 Å². The van der Waals surface area contributed by atoms with Crippen molar-refractivity contribution in [1.29, 1.82) is 0 Å². The predicted molar refractivity (Wildman–Crippen MR) is 117 cm³/mol. The average Bonchev–Trinajstić information content (AvgIpc) is 3.05. The van der Waals surface area contributed by atoms with Gasteiger partial charge >= 0.3 is 5.69 Å². The van der Waals surface area contributed by atoms with E-state index in [0.29, 0.717) is 4.73 Å². The first-order chi connectivity index (χ1) is 14.1. The van der Waals surface area contributed by atoms with Crippen LogP contribution in [0.15, 0.2) is 38.6 Å². The van der Waals surface area contributed by atoms with Crippen LogP contribution in [0.5, 0.6) is 5.75 Å². The van der Waals surface area contributed by atoms with Crippen LogP contribution in [0.25, 0.3) is 11.2 Å². The number of rotatable bonds is 6. The third-order valence-corrected chi connectivity index (χ3v) is 5.66. The fourth-order valence-electron chi connectivity index (χ4n) is 3.41. The molecule has 2 aromatic heterocycles. The van der Waals surface area contributed by atoms with Gasteiger partial charge in [-0.05, 0) is 39.5 Å². The second-order valence-electron chi connectivity index (χ2n) is 7.41. The molecule has 0 fully saturated rings. The van der Waals surface area contributed by atoms with Crippen molar-refractivity contribution in [3.8, 4) is 5.75 Å². The zero-order chi connectivity index (χ0) is 22.2. The van der Waals surface area contributed by atoms with Crippen molar-refractivity contribution in [2.45, 2.75) is 26.4 Å². The molecule has 10 heteroatoms. The zero-order valence-electron chi connectivity index (χ0n) is 17.5. The van der Waals surface area contributed by atoms with E-state index in [4.69, 9.17) is 4.74 Å². The van der Waals surface area contributed by atoms with Gasteiger partial charge in [0.05, 0.1) is 13.2 Å². The first-order valence-electron chi connectivity index (χ1n) is 9.40. The van der Waals surface area contributed by atoms with E-state index in [1.54, 1.807) is 14.2 Å². The van der Waals surface area contributed by atoms with E-state index in [9.17, 15) is 14.4 Å². The average molecular weight is 478 g/mol. The smallest absolute Gasteiger partial charge is 0.332 e. The highest BCUT2D eigenvalue weighted by Crippen LogP contribution is 2.24. The Kier molecular flexibility index (Phi) is 6.16. The van der Waals surface area contributed by atoms with Crippen LogP contribution in [0.2, 0.25) is 0 Å². The third kappa shape index (κ3) is 3.91. The molecular weight excluding hydrogens is 454 g/mol. The molecule has 160 valence electrons. The van der Waals surface area contributed by atoms with Crippen molar-refractivity contribution in [3.05, 3.63) is 55.4 Å². The molecule has 0 saturated carbocycles. The van der Waals surface area contributed by atoms with Crippen molar-refractivity contribution in [2.75, 3.05) is 7.11 Å². The van der Waals surface area contributed by atoms with Crippen LogP contribution < -0.4 is 21.3 Å². The summed E-state index contributed by atoms with van der Waals surface area (Å²) in [5.74, 6) is 0.614. The predicted octanol–water partition coefficient (Wildman–Crippen LogP) is 1.72. The molecule has 0 radical (unpaired) electrons. The summed E-state index contributed by atoms with van der Waals surface area (Å²) >= 11 is 3.31. The molecule has 1 unspecified atom stereocenters. The quantitative estimate of drug-likeness (QED) is 0.544. The number of nitrogens with zero attached hydrogens (tertiary/aromatic N) is 4. The number of carbonyl (C=O) groups excluding carboxylic acids is 1. The van der Waals surface area contributed by atoms with Crippen LogP contribution in [0.3, 0.4) is 0 Å². The molecule has 0 aliphatic carbocycles. The van der Waals surface area contributed by atoms with Gasteiger partial charge in [-0.15, -0.1) is 0 Å². The normalized spacial score (nSPS) is 12.4. The fourth-order valence-corrected chi connectivity index (χ4v) is 3.88. The van der Waals surface area contributed by atoms with Gasteiger partial charge in [-0.2, -0.15) is 0 Å². The summed E-state index contributed by atoms with van der Waals surface area (Å²) in [6.07, 6.45) is 0. The molecule has 0 spiro atoms. The van der Waals surface area contributed by atoms with Crippen LogP contribution in [0.1, 0.15) is 25.5 Å². The maximum atomic E-state index is 12.9. The van der Waals surface area contributed by atoms with E-state index in [0.717, 1.165) is 15.9 Å². The Hall–Kier alpha value is -2.88. The number of carbonyl (C=O) groups is 1. The minimum absolute atomic E-state index is 0.100. The molecule has 3 aromatic rings. The zero-order valence-corrected chi connectivity index (χ0v) is 19.1. The molecule has 30 heavy (non-hydrogen) atoms. The Morgan fingerprint density at radius 1 is 1.17 bits per heavy atom. The number of methoxy groups -OCH3 is 1. The number of amides is 1. The van der Waals surface area contributed by atoms with E-state index in [1.165, 1.54) is 16.2 Å². The number of aryl methyl sites for hydroxylation is 1. The molecule has 1 atom stereocenters. The molecule has 1 aromatic carbocycles. The number of ether oxygens (including phenoxy) is 1. The van der Waals surface area contributed by atoms with Gasteiger partial charge in [0.15, 0.2) is 15.9 Å². The van der Waals surface area contributed by atoms with Gasteiger partial charge in [0.25, 0.3) is 5.56 Å². The summed E-state index contributed by atoms with van der Waals surface area (Å²) in [5.41, 5.74) is 0.367. The lowest BCUT2D eigenvalue weighted by Gasteiger charge is -2.23. The molecule has 1 N–H and O–H groups in total. The maximum absolute atomic E-state index is 12.9. The summed E-state index contributed by atoms with van der Waals surface area (Å²) in [4.78, 5) is 41.8. The highest BCUT2D eigenvalue weighted by molar-refractivity contribution is 9.10. The lowest BCUT2D eigenvalue weighted by atomic mass is 9.96. The molecule has 0 saturated heterocycles. The maximum Gasteiger partial charge on any atom is 0.332 e. The Morgan fingerprint density at radius 3 is 2.37 bits per heavy atom. The highest BCUT2D eigenvalue weighted by atomic mass is 79.9. The number of benzene rings is 1. The van der Waals surface area contributed by atoms with Crippen LogP contribution in [-0.4, -0.2) is 31.7 Å². The third-order valence-electron chi connectivity index (χ3n) is 5.05. The second kappa shape index (κ2) is 8.47. The van der Waals surface area contributed by atoms with Gasteiger partial charge in [0.2, 0.25) is 5.91 Å². The fraction of sp³-hybridized carbons (Fsp3) is 0.400. The van der Waals surface area contributed by atoms with Crippen LogP contribution in [0.4, 0.5) is 0 Å². The summed E-state index contributed by atoms with van der Waals surface area (Å²) in [6, 6.07) is 7.32. The Bertz CT molecular complexity index is 1210. The number of aromatic nitrogens is 4. The SMILES string of the molecule is COc1ccc(C(NC(=O)Cn2c(Br)nc3c(=O)n(C)c(=O)n(C)c32)C(C)C)cc1. The highest BCUT2D eigenvalue weighted by Gasteiger charge is 2.22. The van der Waals surface area contributed by atoms with Crippen molar-refractivity contribution >= 4 is 33.0 Å². The number of nitrogens with one attached hydrogen (secondary N) is 1. The van der Waals surface area contributed by atoms with E-state index >= 15 is 0 Å². The van der Waals surface area contributed by atoms with Gasteiger partial charge in [0, 0.05) is 14.1 Å². The van der Waals surface area contributed by atoms with Gasteiger partial charge in [-0.25, -0.2) is 9.78 Å². The standard InChI is InChI=1S/C20H24BrN5O4/c1-11(2)15(12-6-8-13(30-5)9-7-12)22-14(27)10-26-17-16(23-19(26)21)18(28)25(4)20(29)24(17)3/h6-9,11,15H,10H2,1-5H3,(H,22,27). The van der Waals surface area contributed by atoms with E-state index in [2.05, 4.69) is 26.2 Å². The minimum Gasteiger partial charge on any atom is -0.497 e. The number of halogens is 1. The topological polar surface area (TPSA) is 100 Å². The number of imidazole rings is 1. The first-order valence-corrected chi connectivity index (χ1v) is 10.2. The molecule has 0 aliphatic rings. The molecular formula is C20H24BrN5O4. The molecule has 0 bridgehead atoms. The van der Waals surface area contributed by atoms with Crippen LogP contribution >= 0.6 is 15.9 Å². The molecule has 3 rings (SSSR count). The molecule has 9 nitrogen and oxygen atoms in total. The number of fused-ring (bicyclic) bond motifs is 1. The molecule has 2 heterocycles. The Morgan fingerprint density at radius 2 is 1.80 bits per heavy atom. The summed E-state index contributed by atoms with van der Waals surface area (Å²) in [7, 11) is 4.54. The lowest BCUT2D eigenvalue weighted by Crippen LogP contribution is -2.38. The Labute approximate surface area is 181 Å². The first kappa shape index (κ1) is 21.8. The summed E-state index contributed by atoms with van der Waals surface area (Å²) in [6.45, 7) is 3.94. The molecule has 1 amide bonds. The monoisotopic (exact) mass is 477 g/mol. The van der Waals surface area contributed by atoms with E-state index in [-0.39, 0.29) is 35.6 Å². The van der Waals surface area contributed by atoms with Crippen molar-refractivity contribution in [3.63, 3.8) is 0 Å². The van der Waals surface area contributed by atoms with Crippen LogP contribution in [0, 0.1) is 5.92 Å². The number of hydrogen-bond donors (Lipinski definition) is 1. The number of hydrogen-bond acceptors (Lipinski definition) is 5. The van der Waals surface area contributed by atoms with Crippen molar-refractivity contribution in [1.82, 2.24) is 24.0 Å². The second-order valence-corrected chi connectivity index (χ2v) is 8.12.